The maximum Gasteiger partial charge on any atom is 0.286 e. The Morgan fingerprint density at radius 1 is 0.939 bits per heavy atom. The molecule has 2 amide bonds. The topological polar surface area (TPSA) is 90.5 Å². The molecule has 0 unspecified atom stereocenters. The molecule has 0 bridgehead atoms. The van der Waals surface area contributed by atoms with E-state index in [0.717, 1.165) is 36.8 Å². The first-order valence-corrected chi connectivity index (χ1v) is 11.5. The van der Waals surface area contributed by atoms with Crippen LogP contribution < -0.4 is 10.6 Å². The summed E-state index contributed by atoms with van der Waals surface area (Å²) in [7, 11) is 0. The highest BCUT2D eigenvalue weighted by molar-refractivity contribution is 7.13. The number of hydrogen-bond acceptors (Lipinski definition) is 7. The minimum atomic E-state index is -0.364. The Labute approximate surface area is 195 Å². The molecule has 1 aromatic heterocycles. The van der Waals surface area contributed by atoms with Crippen molar-refractivity contribution < 1.29 is 14.0 Å². The number of amides is 2. The average molecular weight is 469 g/mol. The largest absolute Gasteiger partial charge is 0.351 e. The Balaban J connectivity index is 1.18. The van der Waals surface area contributed by atoms with E-state index in [9.17, 15) is 14.0 Å². The Morgan fingerprint density at radius 3 is 2.36 bits per heavy atom. The molecule has 3 aromatic rings. The van der Waals surface area contributed by atoms with Crippen molar-refractivity contribution in [3.63, 3.8) is 0 Å². The van der Waals surface area contributed by atoms with E-state index in [1.807, 2.05) is 30.3 Å². The second kappa shape index (κ2) is 11.1. The van der Waals surface area contributed by atoms with E-state index < -0.39 is 0 Å². The normalized spacial score (nSPS) is 14.7. The van der Waals surface area contributed by atoms with Crippen molar-refractivity contribution in [1.82, 2.24) is 25.3 Å². The van der Waals surface area contributed by atoms with Crippen LogP contribution in [0.25, 0.3) is 0 Å². The summed E-state index contributed by atoms with van der Waals surface area (Å²) < 4.78 is 13.0. The number of halogens is 1. The van der Waals surface area contributed by atoms with Gasteiger partial charge in [0.15, 0.2) is 0 Å². The zero-order valence-corrected chi connectivity index (χ0v) is 18.9. The van der Waals surface area contributed by atoms with Gasteiger partial charge in [-0.15, -0.1) is 10.2 Å². The molecule has 0 spiro atoms. The van der Waals surface area contributed by atoms with Gasteiger partial charge in [-0.25, -0.2) is 4.39 Å². The van der Waals surface area contributed by atoms with E-state index in [1.54, 1.807) is 0 Å². The summed E-state index contributed by atoms with van der Waals surface area (Å²) in [5, 5.41) is 14.8. The molecular formula is C23H25FN6O2S. The van der Waals surface area contributed by atoms with Crippen molar-refractivity contribution in [3.8, 4) is 0 Å². The van der Waals surface area contributed by atoms with Gasteiger partial charge in [0.05, 0.1) is 13.1 Å². The molecule has 8 nitrogen and oxygen atoms in total. The number of aromatic nitrogens is 2. The number of hydrogen-bond donors (Lipinski definition) is 2. The standard InChI is InChI=1S/C23H25FN6O2S/c24-18-6-8-19(9-7-18)26-22(32)23-28-27-21(33-23)16-30-12-10-29(11-13-30)15-20(31)25-14-17-4-2-1-3-5-17/h1-9H,10-16H2,(H,25,31)(H,26,32). The van der Waals surface area contributed by atoms with Crippen molar-refractivity contribution in [1.29, 1.82) is 0 Å². The van der Waals surface area contributed by atoms with Gasteiger partial charge in [-0.05, 0) is 29.8 Å². The molecule has 1 aliphatic heterocycles. The van der Waals surface area contributed by atoms with Gasteiger partial charge >= 0.3 is 0 Å². The van der Waals surface area contributed by atoms with Gasteiger partial charge < -0.3 is 10.6 Å². The summed E-state index contributed by atoms with van der Waals surface area (Å²) in [4.78, 5) is 28.9. The SMILES string of the molecule is O=C(CN1CCN(Cc2nnc(C(=O)Nc3ccc(F)cc3)s2)CC1)NCc1ccccc1. The van der Waals surface area contributed by atoms with Crippen LogP contribution >= 0.6 is 11.3 Å². The van der Waals surface area contributed by atoms with Crippen LogP contribution in [0.2, 0.25) is 0 Å². The number of carbonyl (C=O) groups excluding carboxylic acids is 2. The maximum absolute atomic E-state index is 13.0. The molecule has 0 saturated carbocycles. The highest BCUT2D eigenvalue weighted by Crippen LogP contribution is 2.16. The van der Waals surface area contributed by atoms with Gasteiger partial charge in [0.1, 0.15) is 10.8 Å². The van der Waals surface area contributed by atoms with Crippen molar-refractivity contribution in [2.75, 3.05) is 38.0 Å². The van der Waals surface area contributed by atoms with E-state index >= 15 is 0 Å². The van der Waals surface area contributed by atoms with E-state index in [2.05, 4.69) is 30.6 Å². The van der Waals surface area contributed by atoms with Gasteiger partial charge in [0.25, 0.3) is 5.91 Å². The van der Waals surface area contributed by atoms with Gasteiger partial charge in [0.2, 0.25) is 10.9 Å². The Kier molecular flexibility index (Phi) is 7.71. The van der Waals surface area contributed by atoms with Gasteiger partial charge in [-0.2, -0.15) is 0 Å². The fourth-order valence-electron chi connectivity index (χ4n) is 3.48. The third kappa shape index (κ3) is 6.88. The molecule has 1 aliphatic rings. The number of benzene rings is 2. The van der Waals surface area contributed by atoms with Crippen molar-refractivity contribution in [2.45, 2.75) is 13.1 Å². The molecule has 0 radical (unpaired) electrons. The first-order chi connectivity index (χ1) is 16.0. The van der Waals surface area contributed by atoms with Crippen LogP contribution in [0.5, 0.6) is 0 Å². The van der Waals surface area contributed by atoms with Crippen LogP contribution in [0.4, 0.5) is 10.1 Å². The third-order valence-corrected chi connectivity index (χ3v) is 6.19. The van der Waals surface area contributed by atoms with Crippen LogP contribution in [-0.2, 0) is 17.9 Å². The molecule has 0 aliphatic carbocycles. The van der Waals surface area contributed by atoms with E-state index in [1.165, 1.54) is 35.6 Å². The lowest BCUT2D eigenvalue weighted by molar-refractivity contribution is -0.122. The molecule has 0 atom stereocenters. The lowest BCUT2D eigenvalue weighted by Gasteiger charge is -2.33. The predicted octanol–water partition coefficient (Wildman–Crippen LogP) is 2.36. The lowest BCUT2D eigenvalue weighted by atomic mass is 10.2. The molecule has 2 heterocycles. The molecule has 1 fully saturated rings. The molecular weight excluding hydrogens is 443 g/mol. The van der Waals surface area contributed by atoms with Gasteiger partial charge in [-0.3, -0.25) is 19.4 Å². The number of nitrogens with one attached hydrogen (secondary N) is 2. The van der Waals surface area contributed by atoms with E-state index in [4.69, 9.17) is 0 Å². The Bertz CT molecular complexity index is 1070. The second-order valence-electron chi connectivity index (χ2n) is 7.78. The highest BCUT2D eigenvalue weighted by Gasteiger charge is 2.21. The van der Waals surface area contributed by atoms with Crippen LogP contribution in [0, 0.1) is 5.82 Å². The number of nitrogens with zero attached hydrogens (tertiary/aromatic N) is 4. The predicted molar refractivity (Wildman–Crippen MR) is 124 cm³/mol. The highest BCUT2D eigenvalue weighted by atomic mass is 32.1. The molecule has 33 heavy (non-hydrogen) atoms. The third-order valence-electron chi connectivity index (χ3n) is 5.29. The first kappa shape index (κ1) is 23.0. The Hall–Kier alpha value is -3.21. The number of piperazine rings is 1. The van der Waals surface area contributed by atoms with E-state index in [-0.39, 0.29) is 22.6 Å². The minimum Gasteiger partial charge on any atom is -0.351 e. The summed E-state index contributed by atoms with van der Waals surface area (Å²) in [5.41, 5.74) is 1.58. The fourth-order valence-corrected chi connectivity index (χ4v) is 4.26. The summed E-state index contributed by atoms with van der Waals surface area (Å²) in [5.74, 6) is -0.705. The van der Waals surface area contributed by atoms with Crippen molar-refractivity contribution >= 4 is 28.8 Å². The zero-order valence-electron chi connectivity index (χ0n) is 18.0. The second-order valence-corrected chi connectivity index (χ2v) is 8.84. The first-order valence-electron chi connectivity index (χ1n) is 10.7. The van der Waals surface area contributed by atoms with Gasteiger partial charge in [0, 0.05) is 38.4 Å². The zero-order chi connectivity index (χ0) is 23.0. The van der Waals surface area contributed by atoms with Crippen LogP contribution in [0.1, 0.15) is 20.4 Å². The van der Waals surface area contributed by atoms with Crippen LogP contribution in [-0.4, -0.2) is 64.5 Å². The summed E-state index contributed by atoms with van der Waals surface area (Å²) in [6, 6.07) is 15.4. The molecule has 4 rings (SSSR count). The maximum atomic E-state index is 13.0. The molecule has 172 valence electrons. The van der Waals surface area contributed by atoms with E-state index in [0.29, 0.717) is 25.3 Å². The molecule has 2 aromatic carbocycles. The number of anilines is 1. The van der Waals surface area contributed by atoms with Crippen LogP contribution in [0.15, 0.2) is 54.6 Å². The number of carbonyl (C=O) groups is 2. The molecule has 1 saturated heterocycles. The van der Waals surface area contributed by atoms with Gasteiger partial charge in [-0.1, -0.05) is 41.7 Å². The van der Waals surface area contributed by atoms with Crippen molar-refractivity contribution in [3.05, 3.63) is 76.0 Å². The summed E-state index contributed by atoms with van der Waals surface area (Å²) in [6.07, 6.45) is 0. The quantitative estimate of drug-likeness (QED) is 0.528. The number of rotatable bonds is 8. The fraction of sp³-hybridized carbons (Fsp3) is 0.304. The average Bonchev–Trinajstić information content (AvgIpc) is 3.30. The summed E-state index contributed by atoms with van der Waals surface area (Å²) >= 11 is 1.25. The Morgan fingerprint density at radius 2 is 1.64 bits per heavy atom. The van der Waals surface area contributed by atoms with Crippen molar-refractivity contribution in [2.24, 2.45) is 0 Å². The monoisotopic (exact) mass is 468 g/mol. The molecule has 10 heteroatoms. The summed E-state index contributed by atoms with van der Waals surface area (Å²) in [6.45, 7) is 4.72. The smallest absolute Gasteiger partial charge is 0.286 e. The van der Waals surface area contributed by atoms with Crippen LogP contribution in [0.3, 0.4) is 0 Å². The molecule has 2 N–H and O–H groups in total. The lowest BCUT2D eigenvalue weighted by Crippen LogP contribution is -2.49. The minimum absolute atomic E-state index is 0.0215.